The number of hydrogen-bond acceptors (Lipinski definition) is 4. The summed E-state index contributed by atoms with van der Waals surface area (Å²) in [5.41, 5.74) is 4.44. The molecule has 126 valence electrons. The second-order valence-corrected chi connectivity index (χ2v) is 5.99. The second kappa shape index (κ2) is 6.09. The number of para-hydroxylation sites is 2. The van der Waals surface area contributed by atoms with Gasteiger partial charge in [0.1, 0.15) is 11.4 Å². The first kappa shape index (κ1) is 15.4. The van der Waals surface area contributed by atoms with E-state index >= 15 is 0 Å². The van der Waals surface area contributed by atoms with Gasteiger partial charge in [-0.05, 0) is 44.2 Å². The molecule has 2 N–H and O–H groups in total. The fourth-order valence-electron chi connectivity index (χ4n) is 3.16. The summed E-state index contributed by atoms with van der Waals surface area (Å²) < 4.78 is 5.80. The Morgan fingerprint density at radius 2 is 1.88 bits per heavy atom. The van der Waals surface area contributed by atoms with Crippen molar-refractivity contribution in [2.24, 2.45) is 0 Å². The van der Waals surface area contributed by atoms with Crippen LogP contribution in [0, 0.1) is 5.41 Å². The molecule has 2 heterocycles. The molecule has 0 unspecified atom stereocenters. The molecule has 25 heavy (non-hydrogen) atoms. The third-order valence-electron chi connectivity index (χ3n) is 4.53. The molecule has 5 nitrogen and oxygen atoms in total. The van der Waals surface area contributed by atoms with Crippen LogP contribution in [-0.2, 0) is 0 Å². The summed E-state index contributed by atoms with van der Waals surface area (Å²) in [5, 5.41) is 9.25. The number of imidazole rings is 1. The van der Waals surface area contributed by atoms with Crippen LogP contribution in [0.5, 0.6) is 0 Å². The molecule has 0 atom stereocenters. The molecule has 0 radical (unpaired) electrons. The Balaban J connectivity index is 1.84. The smallest absolute Gasteiger partial charge is 0.223 e. The summed E-state index contributed by atoms with van der Waals surface area (Å²) in [4.78, 5) is 10.1. The van der Waals surface area contributed by atoms with Crippen LogP contribution in [0.1, 0.15) is 13.8 Å². The quantitative estimate of drug-likeness (QED) is 0.585. The van der Waals surface area contributed by atoms with E-state index in [1.807, 2.05) is 42.5 Å². The molecule has 0 bridgehead atoms. The summed E-state index contributed by atoms with van der Waals surface area (Å²) in [7, 11) is 0. The monoisotopic (exact) mass is 332 g/mol. The molecule has 0 fully saturated rings. The van der Waals surface area contributed by atoms with E-state index in [0.717, 1.165) is 35.2 Å². The van der Waals surface area contributed by atoms with Gasteiger partial charge in [0.25, 0.3) is 0 Å². The Labute approximate surface area is 145 Å². The van der Waals surface area contributed by atoms with Gasteiger partial charge in [-0.2, -0.15) is 0 Å². The normalized spacial score (nSPS) is 11.3. The number of nitrogens with zero attached hydrogens (tertiary/aromatic N) is 2. The average Bonchev–Trinajstić information content (AvgIpc) is 3.06. The third kappa shape index (κ3) is 2.67. The van der Waals surface area contributed by atoms with Gasteiger partial charge in [-0.1, -0.05) is 12.1 Å². The maximum absolute atomic E-state index is 8.29. The van der Waals surface area contributed by atoms with E-state index in [9.17, 15) is 0 Å². The van der Waals surface area contributed by atoms with Crippen LogP contribution in [0.15, 0.2) is 52.9 Å². The van der Waals surface area contributed by atoms with Crippen molar-refractivity contribution in [3.63, 3.8) is 0 Å². The van der Waals surface area contributed by atoms with E-state index in [1.165, 1.54) is 0 Å². The molecule has 0 spiro atoms. The predicted octanol–water partition coefficient (Wildman–Crippen LogP) is 4.30. The highest BCUT2D eigenvalue weighted by molar-refractivity contribution is 5.85. The summed E-state index contributed by atoms with van der Waals surface area (Å²) in [5.74, 6) is 0.657. The lowest BCUT2D eigenvalue weighted by Crippen LogP contribution is -2.21. The van der Waals surface area contributed by atoms with Crippen molar-refractivity contribution in [2.75, 3.05) is 18.0 Å². The maximum Gasteiger partial charge on any atom is 0.223 e. The number of rotatable bonds is 4. The molecular weight excluding hydrogens is 312 g/mol. The van der Waals surface area contributed by atoms with Gasteiger partial charge in [0, 0.05) is 30.2 Å². The molecule has 2 aromatic heterocycles. The van der Waals surface area contributed by atoms with Gasteiger partial charge < -0.3 is 14.3 Å². The number of aromatic amines is 1. The molecule has 5 heteroatoms. The van der Waals surface area contributed by atoms with Crippen LogP contribution in [0.25, 0.3) is 33.4 Å². The summed E-state index contributed by atoms with van der Waals surface area (Å²) in [6, 6.07) is 15.9. The molecule has 0 saturated carbocycles. The lowest BCUT2D eigenvalue weighted by Gasteiger charge is -2.21. The highest BCUT2D eigenvalue weighted by Gasteiger charge is 2.11. The van der Waals surface area contributed by atoms with E-state index in [1.54, 1.807) is 0 Å². The first-order valence-corrected chi connectivity index (χ1v) is 8.52. The lowest BCUT2D eigenvalue weighted by atomic mass is 10.1. The average molecular weight is 332 g/mol. The van der Waals surface area contributed by atoms with E-state index in [4.69, 9.17) is 9.83 Å². The van der Waals surface area contributed by atoms with Gasteiger partial charge in [0.05, 0.1) is 16.6 Å². The van der Waals surface area contributed by atoms with Crippen molar-refractivity contribution in [3.05, 3.63) is 54.1 Å². The zero-order chi connectivity index (χ0) is 17.4. The zero-order valence-electron chi connectivity index (χ0n) is 14.3. The Kier molecular flexibility index (Phi) is 3.76. The standard InChI is InChI=1S/C20H20N4O/c1-3-24(4-2)14-10-9-13-11-15(19(21)25-18(13)12-14)20-22-16-7-5-6-8-17(16)23-20/h5-12,21H,3-4H2,1-2H3,(H,22,23). The molecule has 4 rings (SSSR count). The van der Waals surface area contributed by atoms with Gasteiger partial charge in [-0.3, -0.25) is 5.41 Å². The zero-order valence-corrected chi connectivity index (χ0v) is 14.3. The van der Waals surface area contributed by atoms with Crippen LogP contribution < -0.4 is 10.5 Å². The highest BCUT2D eigenvalue weighted by atomic mass is 16.3. The Hall–Kier alpha value is -3.08. The maximum atomic E-state index is 8.29. The summed E-state index contributed by atoms with van der Waals surface area (Å²) in [6.45, 7) is 6.14. The van der Waals surface area contributed by atoms with Gasteiger partial charge >= 0.3 is 0 Å². The summed E-state index contributed by atoms with van der Waals surface area (Å²) in [6.07, 6.45) is 0. The van der Waals surface area contributed by atoms with Gasteiger partial charge in [-0.15, -0.1) is 0 Å². The van der Waals surface area contributed by atoms with Crippen LogP contribution in [0.3, 0.4) is 0 Å². The molecular formula is C20H20N4O. The largest absolute Gasteiger partial charge is 0.438 e. The minimum atomic E-state index is 0.114. The number of nitrogens with one attached hydrogen (secondary N) is 2. The lowest BCUT2D eigenvalue weighted by molar-refractivity contribution is 0.535. The Bertz CT molecular complexity index is 1070. The van der Waals surface area contributed by atoms with Crippen LogP contribution in [0.2, 0.25) is 0 Å². The van der Waals surface area contributed by atoms with E-state index < -0.39 is 0 Å². The first-order chi connectivity index (χ1) is 12.2. The van der Waals surface area contributed by atoms with Crippen molar-refractivity contribution in [3.8, 4) is 11.4 Å². The van der Waals surface area contributed by atoms with Crippen molar-refractivity contribution in [2.45, 2.75) is 13.8 Å². The number of anilines is 1. The topological polar surface area (TPSA) is 68.9 Å². The SMILES string of the molecule is CCN(CC)c1ccc2cc(-c3nc4ccccc4[nH]3)c(=N)oc2c1. The van der Waals surface area contributed by atoms with E-state index in [-0.39, 0.29) is 5.55 Å². The van der Waals surface area contributed by atoms with E-state index in [2.05, 4.69) is 34.8 Å². The van der Waals surface area contributed by atoms with Gasteiger partial charge in [0.2, 0.25) is 5.55 Å². The number of benzene rings is 2. The van der Waals surface area contributed by atoms with Gasteiger partial charge in [0.15, 0.2) is 0 Å². The van der Waals surface area contributed by atoms with Crippen LogP contribution in [0.4, 0.5) is 5.69 Å². The highest BCUT2D eigenvalue weighted by Crippen LogP contribution is 2.25. The molecule has 0 aliphatic rings. The van der Waals surface area contributed by atoms with Crippen molar-refractivity contribution < 1.29 is 4.42 Å². The van der Waals surface area contributed by atoms with Crippen molar-refractivity contribution in [1.29, 1.82) is 5.41 Å². The molecule has 0 aliphatic carbocycles. The minimum Gasteiger partial charge on any atom is -0.438 e. The van der Waals surface area contributed by atoms with Crippen LogP contribution in [-0.4, -0.2) is 23.1 Å². The van der Waals surface area contributed by atoms with Crippen LogP contribution >= 0.6 is 0 Å². The van der Waals surface area contributed by atoms with Gasteiger partial charge in [-0.25, -0.2) is 4.98 Å². The number of aromatic nitrogens is 2. The minimum absolute atomic E-state index is 0.114. The molecule has 0 amide bonds. The number of hydrogen-bond donors (Lipinski definition) is 2. The van der Waals surface area contributed by atoms with Crippen molar-refractivity contribution >= 4 is 27.7 Å². The first-order valence-electron chi connectivity index (χ1n) is 8.52. The summed E-state index contributed by atoms with van der Waals surface area (Å²) >= 11 is 0. The fourth-order valence-corrected chi connectivity index (χ4v) is 3.16. The molecule has 0 saturated heterocycles. The van der Waals surface area contributed by atoms with E-state index in [0.29, 0.717) is 17.0 Å². The Morgan fingerprint density at radius 3 is 2.64 bits per heavy atom. The predicted molar refractivity (Wildman–Crippen MR) is 101 cm³/mol. The third-order valence-corrected chi connectivity index (χ3v) is 4.53. The Morgan fingerprint density at radius 1 is 1.08 bits per heavy atom. The molecule has 2 aromatic carbocycles. The number of fused-ring (bicyclic) bond motifs is 2. The second-order valence-electron chi connectivity index (χ2n) is 5.99. The number of H-pyrrole nitrogens is 1. The molecule has 4 aromatic rings. The van der Waals surface area contributed by atoms with Crippen molar-refractivity contribution in [1.82, 2.24) is 9.97 Å². The fraction of sp³-hybridized carbons (Fsp3) is 0.200. The molecule has 0 aliphatic heterocycles.